The number of hydrogen-bond donors (Lipinski definition) is 0. The Labute approximate surface area is 200 Å². The van der Waals surface area contributed by atoms with Crippen LogP contribution in [-0.2, 0) is 14.8 Å². The predicted molar refractivity (Wildman–Crippen MR) is 128 cm³/mol. The van der Waals surface area contributed by atoms with Crippen LogP contribution in [0.2, 0.25) is 5.02 Å². The van der Waals surface area contributed by atoms with Gasteiger partial charge in [-0.1, -0.05) is 35.9 Å². The van der Waals surface area contributed by atoms with Crippen molar-refractivity contribution >= 4 is 39.0 Å². The van der Waals surface area contributed by atoms with Gasteiger partial charge in [-0.3, -0.25) is 9.59 Å². The van der Waals surface area contributed by atoms with Crippen molar-refractivity contribution < 1.29 is 18.0 Å². The van der Waals surface area contributed by atoms with Gasteiger partial charge in [0.05, 0.1) is 15.6 Å². The molecule has 2 aromatic rings. The van der Waals surface area contributed by atoms with Crippen LogP contribution >= 0.6 is 11.6 Å². The zero-order valence-electron chi connectivity index (χ0n) is 18.6. The highest BCUT2D eigenvalue weighted by atomic mass is 35.5. The Morgan fingerprint density at radius 1 is 0.879 bits per heavy atom. The summed E-state index contributed by atoms with van der Waals surface area (Å²) in [5, 5.41) is 0.710. The molecule has 0 N–H and O–H groups in total. The van der Waals surface area contributed by atoms with E-state index in [4.69, 9.17) is 11.6 Å². The average molecular weight is 490 g/mol. The molecule has 1 amide bonds. The maximum Gasteiger partial charge on any atom is 0.243 e. The summed E-state index contributed by atoms with van der Waals surface area (Å²) in [6.45, 7) is 4.77. The largest absolute Gasteiger partial charge is 0.367 e. The Kier molecular flexibility index (Phi) is 7.07. The second kappa shape index (κ2) is 9.83. The molecule has 0 spiro atoms. The SMILES string of the molecule is CC(=O)c1ccc(S(=O)(=O)N2CCC(C(=O)N3CCN(c4ccccc4Cl)CC3)CC2)cc1. The van der Waals surface area contributed by atoms with Crippen molar-refractivity contribution in [3.63, 3.8) is 0 Å². The summed E-state index contributed by atoms with van der Waals surface area (Å²) >= 11 is 6.30. The number of anilines is 1. The van der Waals surface area contributed by atoms with Crippen molar-refractivity contribution in [3.8, 4) is 0 Å². The molecule has 0 radical (unpaired) electrons. The molecule has 0 atom stereocenters. The lowest BCUT2D eigenvalue weighted by Crippen LogP contribution is -2.52. The van der Waals surface area contributed by atoms with E-state index < -0.39 is 10.0 Å². The Balaban J connectivity index is 1.32. The van der Waals surface area contributed by atoms with E-state index in [0.29, 0.717) is 49.6 Å². The number of para-hydroxylation sites is 1. The standard InChI is InChI=1S/C24H28ClN3O4S/c1-18(29)19-6-8-21(9-7-19)33(31,32)28-12-10-20(11-13-28)24(30)27-16-14-26(15-17-27)23-5-3-2-4-22(23)25/h2-9,20H,10-17H2,1H3. The number of sulfonamides is 1. The van der Waals surface area contributed by atoms with E-state index in [-0.39, 0.29) is 22.5 Å². The van der Waals surface area contributed by atoms with Crippen molar-refractivity contribution in [1.29, 1.82) is 0 Å². The Morgan fingerprint density at radius 2 is 1.48 bits per heavy atom. The van der Waals surface area contributed by atoms with Crippen molar-refractivity contribution in [2.75, 3.05) is 44.2 Å². The fourth-order valence-corrected chi connectivity index (χ4v) is 6.21. The third-order valence-electron chi connectivity index (χ3n) is 6.49. The topological polar surface area (TPSA) is 78.0 Å². The number of rotatable bonds is 5. The minimum Gasteiger partial charge on any atom is -0.367 e. The fraction of sp³-hybridized carbons (Fsp3) is 0.417. The Hall–Kier alpha value is -2.42. The first-order valence-electron chi connectivity index (χ1n) is 11.2. The van der Waals surface area contributed by atoms with Crippen LogP contribution in [0.4, 0.5) is 5.69 Å². The molecule has 2 aliphatic rings. The van der Waals surface area contributed by atoms with E-state index in [0.717, 1.165) is 18.8 Å². The number of amides is 1. The van der Waals surface area contributed by atoms with E-state index in [2.05, 4.69) is 4.90 Å². The lowest BCUT2D eigenvalue weighted by molar-refractivity contribution is -0.137. The first kappa shape index (κ1) is 23.7. The molecule has 0 saturated carbocycles. The predicted octanol–water partition coefficient (Wildman–Crippen LogP) is 3.29. The summed E-state index contributed by atoms with van der Waals surface area (Å²) in [5.74, 6) is -0.161. The van der Waals surface area contributed by atoms with Gasteiger partial charge in [-0.15, -0.1) is 0 Å². The maximum atomic E-state index is 13.1. The minimum atomic E-state index is -3.64. The minimum absolute atomic E-state index is 0.106. The summed E-state index contributed by atoms with van der Waals surface area (Å²) < 4.78 is 27.4. The van der Waals surface area contributed by atoms with Crippen LogP contribution in [0, 0.1) is 5.92 Å². The number of carbonyl (C=O) groups excluding carboxylic acids is 2. The monoisotopic (exact) mass is 489 g/mol. The van der Waals surface area contributed by atoms with E-state index >= 15 is 0 Å². The van der Waals surface area contributed by atoms with Crippen LogP contribution in [0.1, 0.15) is 30.1 Å². The molecule has 9 heteroatoms. The first-order chi connectivity index (χ1) is 15.8. The molecule has 0 aliphatic carbocycles. The lowest BCUT2D eigenvalue weighted by atomic mass is 9.96. The highest BCUT2D eigenvalue weighted by molar-refractivity contribution is 7.89. The number of halogens is 1. The van der Waals surface area contributed by atoms with Crippen LogP contribution < -0.4 is 4.90 Å². The van der Waals surface area contributed by atoms with Gasteiger partial charge >= 0.3 is 0 Å². The van der Waals surface area contributed by atoms with Gasteiger partial charge in [0, 0.05) is 50.7 Å². The lowest BCUT2D eigenvalue weighted by Gasteiger charge is -2.39. The molecule has 0 unspecified atom stereocenters. The molecule has 2 fully saturated rings. The van der Waals surface area contributed by atoms with E-state index in [1.807, 2.05) is 29.2 Å². The number of ketones is 1. The number of Topliss-reactive ketones (excluding diaryl/α,β-unsaturated/α-hetero) is 1. The van der Waals surface area contributed by atoms with Crippen LogP contribution in [0.5, 0.6) is 0 Å². The van der Waals surface area contributed by atoms with Gasteiger partial charge in [0.25, 0.3) is 0 Å². The number of piperidine rings is 1. The van der Waals surface area contributed by atoms with Gasteiger partial charge in [0.1, 0.15) is 0 Å². The van der Waals surface area contributed by atoms with Crippen molar-refractivity contribution in [2.24, 2.45) is 5.92 Å². The quantitative estimate of drug-likeness (QED) is 0.602. The second-order valence-corrected chi connectivity index (χ2v) is 10.9. The molecule has 2 heterocycles. The maximum absolute atomic E-state index is 13.1. The molecule has 2 saturated heterocycles. The zero-order valence-corrected chi connectivity index (χ0v) is 20.2. The van der Waals surface area contributed by atoms with E-state index in [1.165, 1.54) is 35.5 Å². The van der Waals surface area contributed by atoms with Crippen LogP contribution in [0.25, 0.3) is 0 Å². The second-order valence-electron chi connectivity index (χ2n) is 8.52. The molecule has 176 valence electrons. The van der Waals surface area contributed by atoms with E-state index in [1.54, 1.807) is 0 Å². The number of carbonyl (C=O) groups is 2. The molecule has 33 heavy (non-hydrogen) atoms. The summed E-state index contributed by atoms with van der Waals surface area (Å²) in [7, 11) is -3.64. The molecular weight excluding hydrogens is 462 g/mol. The summed E-state index contributed by atoms with van der Waals surface area (Å²) in [6.07, 6.45) is 1.02. The third kappa shape index (κ3) is 5.08. The smallest absolute Gasteiger partial charge is 0.243 e. The van der Waals surface area contributed by atoms with Gasteiger partial charge < -0.3 is 9.80 Å². The third-order valence-corrected chi connectivity index (χ3v) is 8.72. The number of hydrogen-bond acceptors (Lipinski definition) is 5. The molecule has 0 aromatic heterocycles. The van der Waals surface area contributed by atoms with Crippen molar-refractivity contribution in [3.05, 3.63) is 59.1 Å². The van der Waals surface area contributed by atoms with Gasteiger partial charge in [-0.05, 0) is 44.0 Å². The van der Waals surface area contributed by atoms with Crippen LogP contribution in [0.15, 0.2) is 53.4 Å². The van der Waals surface area contributed by atoms with Gasteiger partial charge in [-0.2, -0.15) is 4.31 Å². The highest BCUT2D eigenvalue weighted by Crippen LogP contribution is 2.28. The summed E-state index contributed by atoms with van der Waals surface area (Å²) in [5.41, 5.74) is 1.47. The van der Waals surface area contributed by atoms with E-state index in [9.17, 15) is 18.0 Å². The molecule has 7 nitrogen and oxygen atoms in total. The number of nitrogens with zero attached hydrogens (tertiary/aromatic N) is 3. The summed E-state index contributed by atoms with van der Waals surface area (Å²) in [4.78, 5) is 28.8. The molecule has 2 aliphatic heterocycles. The summed E-state index contributed by atoms with van der Waals surface area (Å²) in [6, 6.07) is 13.7. The van der Waals surface area contributed by atoms with Crippen molar-refractivity contribution in [2.45, 2.75) is 24.7 Å². The number of piperazine rings is 1. The normalized spacial score (nSPS) is 18.4. The average Bonchev–Trinajstić information content (AvgIpc) is 2.84. The Morgan fingerprint density at radius 3 is 2.06 bits per heavy atom. The van der Waals surface area contributed by atoms with Gasteiger partial charge in [-0.25, -0.2) is 8.42 Å². The first-order valence-corrected chi connectivity index (χ1v) is 13.0. The molecule has 2 aromatic carbocycles. The fourth-order valence-electron chi connectivity index (χ4n) is 4.49. The van der Waals surface area contributed by atoms with Crippen LogP contribution in [-0.4, -0.2) is 68.6 Å². The Bertz CT molecular complexity index is 1120. The zero-order chi connectivity index (χ0) is 23.6. The molecular formula is C24H28ClN3O4S. The number of benzene rings is 2. The van der Waals surface area contributed by atoms with Crippen LogP contribution in [0.3, 0.4) is 0 Å². The molecule has 4 rings (SSSR count). The van der Waals surface area contributed by atoms with Crippen molar-refractivity contribution in [1.82, 2.24) is 9.21 Å². The van der Waals surface area contributed by atoms with Gasteiger partial charge in [0.2, 0.25) is 15.9 Å². The highest BCUT2D eigenvalue weighted by Gasteiger charge is 2.34. The molecule has 0 bridgehead atoms. The van der Waals surface area contributed by atoms with Gasteiger partial charge in [0.15, 0.2) is 5.78 Å².